The first-order valence-electron chi connectivity index (χ1n) is 5.85. The Kier molecular flexibility index (Phi) is 2.22. The third kappa shape index (κ3) is 1.19. The zero-order chi connectivity index (χ0) is 12.9. The van der Waals surface area contributed by atoms with Gasteiger partial charge in [0, 0.05) is 12.6 Å². The van der Waals surface area contributed by atoms with E-state index in [1.807, 2.05) is 24.3 Å². The van der Waals surface area contributed by atoms with Crippen molar-refractivity contribution in [2.75, 3.05) is 18.6 Å². The molecule has 1 fully saturated rings. The van der Waals surface area contributed by atoms with Gasteiger partial charge in [-0.2, -0.15) is 0 Å². The van der Waals surface area contributed by atoms with Gasteiger partial charge in [0.15, 0.2) is 6.10 Å². The van der Waals surface area contributed by atoms with E-state index in [-0.39, 0.29) is 12.5 Å². The van der Waals surface area contributed by atoms with Gasteiger partial charge in [0.2, 0.25) is 5.60 Å². The summed E-state index contributed by atoms with van der Waals surface area (Å²) < 4.78 is 10.3. The van der Waals surface area contributed by atoms with Crippen LogP contribution in [0.3, 0.4) is 0 Å². The number of ether oxygens (including phenoxy) is 2. The first kappa shape index (κ1) is 11.2. The number of epoxide rings is 1. The molecule has 0 radical (unpaired) electrons. The van der Waals surface area contributed by atoms with E-state index in [9.17, 15) is 9.59 Å². The summed E-state index contributed by atoms with van der Waals surface area (Å²) in [4.78, 5) is 25.5. The molecule has 2 aliphatic rings. The van der Waals surface area contributed by atoms with Crippen molar-refractivity contribution < 1.29 is 19.1 Å². The highest BCUT2D eigenvalue weighted by Crippen LogP contribution is 2.55. The monoisotopic (exact) mass is 247 g/mol. The number of esters is 1. The van der Waals surface area contributed by atoms with Crippen LogP contribution in [0.5, 0.6) is 0 Å². The Morgan fingerprint density at radius 1 is 1.50 bits per heavy atom. The Morgan fingerprint density at radius 2 is 2.22 bits per heavy atom. The number of carbonyl (C=O) groups is 2. The minimum absolute atomic E-state index is 0.207. The second-order valence-electron chi connectivity index (χ2n) is 4.37. The fraction of sp³-hybridized carbons (Fsp3) is 0.385. The lowest BCUT2D eigenvalue weighted by Crippen LogP contribution is -2.33. The fourth-order valence-corrected chi connectivity index (χ4v) is 2.51. The Labute approximate surface area is 104 Å². The van der Waals surface area contributed by atoms with Gasteiger partial charge in [-0.05, 0) is 13.0 Å². The molecule has 0 saturated carbocycles. The Hall–Kier alpha value is -1.88. The highest BCUT2D eigenvalue weighted by molar-refractivity contribution is 6.12. The molecule has 2 aliphatic heterocycles. The third-order valence-electron chi connectivity index (χ3n) is 3.40. The number of hydrogen-bond donors (Lipinski definition) is 0. The minimum atomic E-state index is -1.14. The molecule has 0 aliphatic carbocycles. The normalized spacial score (nSPS) is 28.4. The van der Waals surface area contributed by atoms with E-state index in [0.29, 0.717) is 0 Å². The molecule has 1 spiro atoms. The number of anilines is 1. The van der Waals surface area contributed by atoms with Crippen LogP contribution in [0.4, 0.5) is 5.69 Å². The fourth-order valence-electron chi connectivity index (χ4n) is 2.51. The Morgan fingerprint density at radius 3 is 2.94 bits per heavy atom. The average Bonchev–Trinajstić information content (AvgIpc) is 3.09. The quantitative estimate of drug-likeness (QED) is 0.573. The van der Waals surface area contributed by atoms with E-state index < -0.39 is 17.7 Å². The van der Waals surface area contributed by atoms with Gasteiger partial charge in [-0.25, -0.2) is 4.79 Å². The number of benzene rings is 1. The van der Waals surface area contributed by atoms with Crippen LogP contribution >= 0.6 is 0 Å². The highest BCUT2D eigenvalue weighted by atomic mass is 16.7. The smallest absolute Gasteiger partial charge is 0.339 e. The summed E-state index contributed by atoms with van der Waals surface area (Å²) in [6, 6.07) is 7.34. The number of carbonyl (C=O) groups excluding carboxylic acids is 2. The Bertz CT molecular complexity index is 542. The molecule has 1 aromatic rings. The second kappa shape index (κ2) is 3.55. The van der Waals surface area contributed by atoms with Crippen molar-refractivity contribution in [3.63, 3.8) is 0 Å². The largest absolute Gasteiger partial charge is 0.464 e. The molecule has 0 bridgehead atoms. The van der Waals surface area contributed by atoms with Crippen LogP contribution in [0.15, 0.2) is 24.3 Å². The van der Waals surface area contributed by atoms with E-state index in [2.05, 4.69) is 0 Å². The predicted octanol–water partition coefficient (Wildman–Crippen LogP) is 0.820. The maximum Gasteiger partial charge on any atom is 0.339 e. The van der Waals surface area contributed by atoms with Crippen molar-refractivity contribution in [3.05, 3.63) is 29.8 Å². The Balaban J connectivity index is 2.00. The first-order valence-corrected chi connectivity index (χ1v) is 5.85. The molecule has 5 heteroatoms. The van der Waals surface area contributed by atoms with Crippen LogP contribution in [-0.2, 0) is 24.7 Å². The van der Waals surface area contributed by atoms with Crippen LogP contribution in [0.1, 0.15) is 12.5 Å². The number of fused-ring (bicyclic) bond motifs is 2. The molecule has 1 aromatic carbocycles. The van der Waals surface area contributed by atoms with Crippen molar-refractivity contribution in [1.29, 1.82) is 0 Å². The molecule has 1 saturated heterocycles. The number of likely N-dealkylation sites (N-methyl/N-ethyl adjacent to an activating group) is 1. The van der Waals surface area contributed by atoms with Crippen molar-refractivity contribution in [3.8, 4) is 0 Å². The van der Waals surface area contributed by atoms with Gasteiger partial charge >= 0.3 is 5.97 Å². The first-order chi connectivity index (χ1) is 8.63. The van der Waals surface area contributed by atoms with Crippen molar-refractivity contribution in [2.24, 2.45) is 0 Å². The van der Waals surface area contributed by atoms with Gasteiger partial charge in [0.1, 0.15) is 0 Å². The van der Waals surface area contributed by atoms with Crippen molar-refractivity contribution in [1.82, 2.24) is 0 Å². The third-order valence-corrected chi connectivity index (χ3v) is 3.40. The summed E-state index contributed by atoms with van der Waals surface area (Å²) in [5.74, 6) is -0.683. The van der Waals surface area contributed by atoms with Gasteiger partial charge in [-0.1, -0.05) is 18.2 Å². The van der Waals surface area contributed by atoms with Crippen LogP contribution < -0.4 is 4.90 Å². The summed E-state index contributed by atoms with van der Waals surface area (Å²) in [6.45, 7) is 2.00. The molecule has 94 valence electrons. The summed E-state index contributed by atoms with van der Waals surface area (Å²) in [5, 5.41) is 0. The summed E-state index contributed by atoms with van der Waals surface area (Å²) >= 11 is 0. The van der Waals surface area contributed by atoms with Gasteiger partial charge < -0.3 is 14.4 Å². The summed E-state index contributed by atoms with van der Waals surface area (Å²) in [5.41, 5.74) is 0.391. The van der Waals surface area contributed by atoms with E-state index in [1.165, 1.54) is 4.90 Å². The average molecular weight is 247 g/mol. The van der Waals surface area contributed by atoms with Crippen LogP contribution in [0.25, 0.3) is 0 Å². The lowest BCUT2D eigenvalue weighted by Gasteiger charge is -2.08. The number of hydrogen-bond acceptors (Lipinski definition) is 4. The number of amides is 1. The van der Waals surface area contributed by atoms with E-state index >= 15 is 0 Å². The molecule has 18 heavy (non-hydrogen) atoms. The molecule has 0 unspecified atom stereocenters. The van der Waals surface area contributed by atoms with Crippen molar-refractivity contribution in [2.45, 2.75) is 18.6 Å². The molecular formula is C13H13NO4. The van der Waals surface area contributed by atoms with E-state index in [4.69, 9.17) is 9.47 Å². The maximum absolute atomic E-state index is 12.3. The van der Waals surface area contributed by atoms with E-state index in [1.54, 1.807) is 14.0 Å². The number of rotatable bonds is 2. The molecule has 3 rings (SSSR count). The van der Waals surface area contributed by atoms with Crippen LogP contribution in [0.2, 0.25) is 0 Å². The molecule has 0 N–H and O–H groups in total. The molecule has 2 atom stereocenters. The molecule has 1 amide bonds. The number of para-hydroxylation sites is 1. The van der Waals surface area contributed by atoms with Crippen LogP contribution in [0, 0.1) is 0 Å². The standard InChI is InChI=1S/C13H13NO4/c1-3-17-11(15)10-13(18-10)8-6-4-5-7-9(8)14(2)12(13)16/h4-7,10H,3H2,1-2H3/t10-,13+/m0/s1. The molecule has 5 nitrogen and oxygen atoms in total. The second-order valence-corrected chi connectivity index (χ2v) is 4.37. The summed E-state index contributed by atoms with van der Waals surface area (Å²) in [6.07, 6.45) is -0.809. The molecular weight excluding hydrogens is 234 g/mol. The highest BCUT2D eigenvalue weighted by Gasteiger charge is 2.72. The minimum Gasteiger partial charge on any atom is -0.464 e. The molecule has 0 aromatic heterocycles. The van der Waals surface area contributed by atoms with Crippen molar-refractivity contribution >= 4 is 17.6 Å². The maximum atomic E-state index is 12.3. The molecule has 2 heterocycles. The SMILES string of the molecule is CCOC(=O)[C@@H]1O[C@@]12C(=O)N(C)c1ccccc12. The van der Waals surface area contributed by atoms with E-state index in [0.717, 1.165) is 11.3 Å². The van der Waals surface area contributed by atoms with Gasteiger partial charge in [0.05, 0.1) is 12.3 Å². The van der Waals surface area contributed by atoms with Gasteiger partial charge in [-0.15, -0.1) is 0 Å². The van der Waals surface area contributed by atoms with Gasteiger partial charge in [0.25, 0.3) is 5.91 Å². The topological polar surface area (TPSA) is 59.1 Å². The predicted molar refractivity (Wildman–Crippen MR) is 63.0 cm³/mol. The number of nitrogens with zero attached hydrogens (tertiary/aromatic N) is 1. The zero-order valence-corrected chi connectivity index (χ0v) is 10.2. The van der Waals surface area contributed by atoms with Gasteiger partial charge in [-0.3, -0.25) is 4.79 Å². The lowest BCUT2D eigenvalue weighted by atomic mass is 9.97. The zero-order valence-electron chi connectivity index (χ0n) is 10.2. The summed E-state index contributed by atoms with van der Waals surface area (Å²) in [7, 11) is 1.68. The van der Waals surface area contributed by atoms with Crippen LogP contribution in [-0.4, -0.2) is 31.6 Å². The lowest BCUT2D eigenvalue weighted by molar-refractivity contribution is -0.144.